The zero-order valence-corrected chi connectivity index (χ0v) is 11.9. The minimum absolute atomic E-state index is 0.229. The number of fused-ring (bicyclic) bond motifs is 3. The molecule has 2 aromatic rings. The Hall–Kier alpha value is -1.76. The van der Waals surface area contributed by atoms with Gasteiger partial charge >= 0.3 is 0 Å². The van der Waals surface area contributed by atoms with Gasteiger partial charge in [0.1, 0.15) is 0 Å². The number of rotatable bonds is 1. The van der Waals surface area contributed by atoms with Gasteiger partial charge in [-0.05, 0) is 16.5 Å². The Morgan fingerprint density at radius 1 is 0.789 bits per heavy atom. The molecule has 0 fully saturated rings. The maximum absolute atomic E-state index is 2.37. The molecule has 0 N–H and O–H groups in total. The van der Waals surface area contributed by atoms with Gasteiger partial charge in [0.25, 0.3) is 0 Å². The van der Waals surface area contributed by atoms with Crippen LogP contribution in [0.15, 0.2) is 60.6 Å². The number of hydrogen-bond donors (Lipinski definition) is 0. The lowest BCUT2D eigenvalue weighted by Crippen LogP contribution is -2.36. The van der Waals surface area contributed by atoms with Gasteiger partial charge in [-0.15, -0.1) is 5.98 Å². The summed E-state index contributed by atoms with van der Waals surface area (Å²) >= 11 is 0. The van der Waals surface area contributed by atoms with E-state index in [1.54, 1.807) is 0 Å². The molecule has 0 aliphatic carbocycles. The van der Waals surface area contributed by atoms with Gasteiger partial charge in [0.2, 0.25) is 6.71 Å². The topological polar surface area (TPSA) is 0 Å². The van der Waals surface area contributed by atoms with Gasteiger partial charge in [0, 0.05) is 0 Å². The average Bonchev–Trinajstić information content (AvgIpc) is 2.70. The minimum atomic E-state index is 0.229. The van der Waals surface area contributed by atoms with Crippen LogP contribution in [0.4, 0.5) is 0 Å². The van der Waals surface area contributed by atoms with Crippen molar-refractivity contribution < 1.29 is 0 Å². The van der Waals surface area contributed by atoms with Crippen LogP contribution < -0.4 is 10.9 Å². The van der Waals surface area contributed by atoms with E-state index in [-0.39, 0.29) is 5.41 Å². The van der Waals surface area contributed by atoms with E-state index in [0.717, 1.165) is 0 Å². The van der Waals surface area contributed by atoms with Crippen molar-refractivity contribution in [3.8, 4) is 11.1 Å². The van der Waals surface area contributed by atoms with Crippen molar-refractivity contribution in [3.05, 3.63) is 60.6 Å². The van der Waals surface area contributed by atoms with E-state index in [4.69, 9.17) is 0 Å². The van der Waals surface area contributed by atoms with Gasteiger partial charge in [-0.3, -0.25) is 0 Å². The Balaban J connectivity index is 2.13. The molecule has 0 nitrogen and oxygen atoms in total. The van der Waals surface area contributed by atoms with Crippen molar-refractivity contribution >= 4 is 17.6 Å². The Kier molecular flexibility index (Phi) is 2.85. The van der Waals surface area contributed by atoms with Crippen molar-refractivity contribution in [1.82, 2.24) is 0 Å². The first kappa shape index (κ1) is 12.3. The molecule has 94 valence electrons. The van der Waals surface area contributed by atoms with Crippen molar-refractivity contribution in [2.24, 2.45) is 5.41 Å². The summed E-state index contributed by atoms with van der Waals surface area (Å²) in [5.74, 6) is 2.37. The summed E-state index contributed by atoms with van der Waals surface area (Å²) in [5, 5.41) is 0. The molecule has 0 atom stereocenters. The molecule has 0 aromatic heterocycles. The van der Waals surface area contributed by atoms with E-state index in [9.17, 15) is 0 Å². The van der Waals surface area contributed by atoms with Gasteiger partial charge in [0.15, 0.2) is 0 Å². The van der Waals surface area contributed by atoms with Crippen LogP contribution in [0.25, 0.3) is 11.1 Å². The van der Waals surface area contributed by atoms with E-state index < -0.39 is 0 Å². The number of benzene rings is 2. The van der Waals surface area contributed by atoms with Gasteiger partial charge in [-0.2, -0.15) is 0 Å². The molecule has 0 spiro atoms. The number of hydrogen-bond acceptors (Lipinski definition) is 0. The van der Waals surface area contributed by atoms with Crippen LogP contribution in [0.1, 0.15) is 20.8 Å². The normalized spacial score (nSPS) is 13.7. The summed E-state index contributed by atoms with van der Waals surface area (Å²) in [6, 6.07) is 17.5. The lowest BCUT2D eigenvalue weighted by atomic mass is 9.42. The third kappa shape index (κ3) is 2.25. The fraction of sp³-hybridized carbons (Fsp3) is 0.222. The Morgan fingerprint density at radius 3 is 1.74 bits per heavy atom. The quantitative estimate of drug-likeness (QED) is 0.676. The molecule has 1 aliphatic rings. The van der Waals surface area contributed by atoms with E-state index in [1.165, 1.54) is 22.1 Å². The molecule has 2 aromatic carbocycles. The molecule has 0 unspecified atom stereocenters. The number of allylic oxidation sites excluding steroid dienone is 1. The molecule has 0 amide bonds. The van der Waals surface area contributed by atoms with E-state index in [0.29, 0.717) is 6.71 Å². The molecule has 0 saturated carbocycles. The van der Waals surface area contributed by atoms with Crippen molar-refractivity contribution in [2.45, 2.75) is 20.8 Å². The average molecular weight is 246 g/mol. The van der Waals surface area contributed by atoms with Crippen LogP contribution in [0, 0.1) is 5.41 Å². The van der Waals surface area contributed by atoms with Crippen LogP contribution in [-0.2, 0) is 0 Å². The molecule has 3 rings (SSSR count). The summed E-state index contributed by atoms with van der Waals surface area (Å²) in [7, 11) is 0. The second-order valence-electron chi connectivity index (χ2n) is 6.38. The zero-order valence-electron chi connectivity index (χ0n) is 11.9. The Morgan fingerprint density at radius 2 is 1.26 bits per heavy atom. The molecule has 0 radical (unpaired) electrons. The van der Waals surface area contributed by atoms with Crippen LogP contribution in [0.2, 0.25) is 0 Å². The maximum atomic E-state index is 2.37. The summed E-state index contributed by atoms with van der Waals surface area (Å²) in [6.07, 6.45) is 2.33. The SMILES string of the molecule is CC(C)(C)/C=C/B1c2ccccc2-c2ccccc21. The smallest absolute Gasteiger partial charge is 0.109 e. The lowest BCUT2D eigenvalue weighted by molar-refractivity contribution is 0.545. The largest absolute Gasteiger partial charge is 0.235 e. The van der Waals surface area contributed by atoms with E-state index >= 15 is 0 Å². The minimum Gasteiger partial charge on any atom is -0.109 e. The highest BCUT2D eigenvalue weighted by Gasteiger charge is 2.29. The summed E-state index contributed by atoms with van der Waals surface area (Å²) in [5.41, 5.74) is 5.88. The standard InChI is InChI=1S/C18H19B/c1-18(2,3)12-13-19-16-10-6-4-8-14(16)15-9-5-7-11-17(15)19/h4-13H,1-3H3/b13-12+. The fourth-order valence-electron chi connectivity index (χ4n) is 2.79. The molecular weight excluding hydrogens is 227 g/mol. The summed E-state index contributed by atoms with van der Waals surface area (Å²) < 4.78 is 0. The molecule has 0 bridgehead atoms. The summed E-state index contributed by atoms with van der Waals surface area (Å²) in [6.45, 7) is 7.15. The van der Waals surface area contributed by atoms with Gasteiger partial charge in [-0.1, -0.05) is 86.3 Å². The maximum Gasteiger partial charge on any atom is 0.235 e. The highest BCUT2D eigenvalue weighted by molar-refractivity contribution is 6.93. The predicted molar refractivity (Wildman–Crippen MR) is 85.5 cm³/mol. The van der Waals surface area contributed by atoms with Crippen LogP contribution in [0.3, 0.4) is 0 Å². The second kappa shape index (κ2) is 4.41. The monoisotopic (exact) mass is 246 g/mol. The van der Waals surface area contributed by atoms with E-state index in [2.05, 4.69) is 81.4 Å². The second-order valence-corrected chi connectivity index (χ2v) is 6.38. The Bertz CT molecular complexity index is 587. The van der Waals surface area contributed by atoms with Crippen molar-refractivity contribution in [2.75, 3.05) is 0 Å². The predicted octanol–water partition coefficient (Wildman–Crippen LogP) is 3.42. The molecule has 1 heterocycles. The van der Waals surface area contributed by atoms with Crippen molar-refractivity contribution in [1.29, 1.82) is 0 Å². The third-order valence-electron chi connectivity index (χ3n) is 3.67. The molecular formula is C18H19B. The molecule has 0 saturated heterocycles. The van der Waals surface area contributed by atoms with Crippen LogP contribution in [0.5, 0.6) is 0 Å². The molecule has 19 heavy (non-hydrogen) atoms. The van der Waals surface area contributed by atoms with Gasteiger partial charge in [0.05, 0.1) is 0 Å². The Labute approximate surface area is 116 Å². The van der Waals surface area contributed by atoms with Gasteiger partial charge in [-0.25, -0.2) is 0 Å². The van der Waals surface area contributed by atoms with Crippen LogP contribution in [-0.4, -0.2) is 6.71 Å². The highest BCUT2D eigenvalue weighted by atomic mass is 14.1. The molecule has 1 heteroatoms. The zero-order chi connectivity index (χ0) is 13.5. The molecule has 1 aliphatic heterocycles. The highest BCUT2D eigenvalue weighted by Crippen LogP contribution is 2.23. The van der Waals surface area contributed by atoms with E-state index in [1.807, 2.05) is 0 Å². The lowest BCUT2D eigenvalue weighted by Gasteiger charge is -2.13. The van der Waals surface area contributed by atoms with Crippen LogP contribution >= 0.6 is 0 Å². The van der Waals surface area contributed by atoms with Crippen molar-refractivity contribution in [3.63, 3.8) is 0 Å². The summed E-state index contributed by atoms with van der Waals surface area (Å²) in [4.78, 5) is 0. The first-order valence-corrected chi connectivity index (χ1v) is 6.94. The van der Waals surface area contributed by atoms with Gasteiger partial charge < -0.3 is 0 Å². The fourth-order valence-corrected chi connectivity index (χ4v) is 2.79. The first-order valence-electron chi connectivity index (χ1n) is 6.94. The third-order valence-corrected chi connectivity index (χ3v) is 3.67. The first-order chi connectivity index (χ1) is 9.06.